The highest BCUT2D eigenvalue weighted by Crippen LogP contribution is 2.16. The van der Waals surface area contributed by atoms with E-state index in [2.05, 4.69) is 21.1 Å². The van der Waals surface area contributed by atoms with E-state index in [0.717, 1.165) is 17.8 Å². The maximum Gasteiger partial charge on any atom is 0.337 e. The van der Waals surface area contributed by atoms with Gasteiger partial charge in [0, 0.05) is 17.8 Å². The fraction of sp³-hybridized carbons (Fsp3) is 0.333. The summed E-state index contributed by atoms with van der Waals surface area (Å²) in [5.74, 6) is -0.314. The average molecular weight is 218 g/mol. The molecule has 0 radical (unpaired) electrons. The van der Waals surface area contributed by atoms with Crippen LogP contribution in [0.5, 0.6) is 0 Å². The largest absolute Gasteiger partial charge is 0.465 e. The topological polar surface area (TPSA) is 50.7 Å². The third kappa shape index (κ3) is 2.05. The first-order valence-electron chi connectivity index (χ1n) is 5.17. The van der Waals surface area contributed by atoms with Crippen LogP contribution in [0, 0.1) is 0 Å². The molecule has 1 unspecified atom stereocenters. The van der Waals surface area contributed by atoms with E-state index < -0.39 is 0 Å². The molecule has 0 spiro atoms. The second-order valence-corrected chi connectivity index (χ2v) is 3.74. The summed E-state index contributed by atoms with van der Waals surface area (Å²) in [5.41, 5.74) is 2.63. The minimum Gasteiger partial charge on any atom is -0.465 e. The van der Waals surface area contributed by atoms with Crippen molar-refractivity contribution in [3.63, 3.8) is 0 Å². The average Bonchev–Trinajstić information content (AvgIpc) is 2.75. The van der Waals surface area contributed by atoms with Crippen molar-refractivity contribution in [3.05, 3.63) is 35.7 Å². The smallest absolute Gasteiger partial charge is 0.337 e. The normalized spacial score (nSPS) is 23.1. The highest BCUT2D eigenvalue weighted by atomic mass is 16.5. The monoisotopic (exact) mass is 218 g/mol. The van der Waals surface area contributed by atoms with Gasteiger partial charge in [-0.2, -0.15) is 0 Å². The van der Waals surface area contributed by atoms with Crippen molar-refractivity contribution in [1.29, 1.82) is 0 Å². The molecule has 16 heavy (non-hydrogen) atoms. The van der Waals surface area contributed by atoms with Crippen molar-refractivity contribution in [2.45, 2.75) is 19.4 Å². The molecule has 0 saturated carbocycles. The lowest BCUT2D eigenvalue weighted by Gasteiger charge is -2.18. The van der Waals surface area contributed by atoms with Crippen LogP contribution < -0.4 is 5.32 Å². The van der Waals surface area contributed by atoms with Gasteiger partial charge in [-0.05, 0) is 25.3 Å². The van der Waals surface area contributed by atoms with E-state index >= 15 is 0 Å². The van der Waals surface area contributed by atoms with Crippen LogP contribution in [-0.4, -0.2) is 24.8 Å². The number of carbonyl (C=O) groups is 1. The van der Waals surface area contributed by atoms with Gasteiger partial charge in [0.05, 0.1) is 18.7 Å². The third-order valence-electron chi connectivity index (χ3n) is 2.59. The molecule has 2 heterocycles. The van der Waals surface area contributed by atoms with Crippen LogP contribution in [0.1, 0.15) is 13.3 Å². The van der Waals surface area contributed by atoms with E-state index in [4.69, 9.17) is 0 Å². The van der Waals surface area contributed by atoms with E-state index in [9.17, 15) is 4.79 Å². The van der Waals surface area contributed by atoms with Crippen LogP contribution in [0.25, 0.3) is 0 Å². The molecule has 0 aliphatic carbocycles. The fourth-order valence-corrected chi connectivity index (χ4v) is 1.74. The highest BCUT2D eigenvalue weighted by Gasteiger charge is 2.20. The number of nitrogens with zero attached hydrogens (tertiary/aromatic N) is 1. The Morgan fingerprint density at radius 2 is 2.44 bits per heavy atom. The van der Waals surface area contributed by atoms with Gasteiger partial charge in [-0.15, -0.1) is 0 Å². The summed E-state index contributed by atoms with van der Waals surface area (Å²) in [6.07, 6.45) is 8.21. The van der Waals surface area contributed by atoms with E-state index in [1.54, 1.807) is 12.3 Å². The number of rotatable bonds is 2. The number of hydrogen-bond donors (Lipinski definition) is 1. The van der Waals surface area contributed by atoms with Crippen LogP contribution in [-0.2, 0) is 9.53 Å². The predicted octanol–water partition coefficient (Wildman–Crippen LogP) is 1.32. The Balaban J connectivity index is 2.14. The molecule has 0 fully saturated rings. The molecule has 0 bridgehead atoms. The molecular formula is C12H14N2O2. The van der Waals surface area contributed by atoms with Crippen molar-refractivity contribution in [2.24, 2.45) is 4.99 Å². The quantitative estimate of drug-likeness (QED) is 0.711. The van der Waals surface area contributed by atoms with Crippen LogP contribution in [0.4, 0.5) is 0 Å². The summed E-state index contributed by atoms with van der Waals surface area (Å²) < 4.78 is 4.68. The number of ether oxygens (including phenoxy) is 1. The molecule has 84 valence electrons. The Kier molecular flexibility index (Phi) is 2.90. The molecule has 4 nitrogen and oxygen atoms in total. The van der Waals surface area contributed by atoms with Crippen molar-refractivity contribution in [3.8, 4) is 0 Å². The summed E-state index contributed by atoms with van der Waals surface area (Å²) >= 11 is 0. The molecule has 2 aliphatic rings. The third-order valence-corrected chi connectivity index (χ3v) is 2.59. The van der Waals surface area contributed by atoms with Gasteiger partial charge in [0.15, 0.2) is 0 Å². The Morgan fingerprint density at radius 3 is 3.06 bits per heavy atom. The lowest BCUT2D eigenvalue weighted by atomic mass is 10.0. The summed E-state index contributed by atoms with van der Waals surface area (Å²) in [5, 5.41) is 3.16. The second-order valence-electron chi connectivity index (χ2n) is 3.74. The molecule has 4 heteroatoms. The molecule has 2 aliphatic heterocycles. The molecule has 0 aromatic carbocycles. The SMILES string of the molecule is COC(=O)C1=CC(C2=NC(C)=CC2)NC=C1. The molecule has 0 saturated heterocycles. The lowest BCUT2D eigenvalue weighted by Crippen LogP contribution is -2.33. The van der Waals surface area contributed by atoms with Crippen LogP contribution in [0.3, 0.4) is 0 Å². The summed E-state index contributed by atoms with van der Waals surface area (Å²) in [6, 6.07) is -0.00667. The van der Waals surface area contributed by atoms with Crippen molar-refractivity contribution in [1.82, 2.24) is 5.32 Å². The van der Waals surface area contributed by atoms with Gasteiger partial charge in [-0.25, -0.2) is 4.79 Å². The fourth-order valence-electron chi connectivity index (χ4n) is 1.74. The zero-order chi connectivity index (χ0) is 11.5. The standard InChI is InChI=1S/C12H14N2O2/c1-8-3-4-10(14-8)11-7-9(5-6-13-11)12(15)16-2/h3,5-7,11,13H,4H2,1-2H3. The van der Waals surface area contributed by atoms with E-state index in [1.165, 1.54) is 7.11 Å². The number of esters is 1. The van der Waals surface area contributed by atoms with Crippen molar-refractivity contribution in [2.75, 3.05) is 7.11 Å². The molecule has 0 amide bonds. The Labute approximate surface area is 94.4 Å². The van der Waals surface area contributed by atoms with Gasteiger partial charge in [0.2, 0.25) is 0 Å². The predicted molar refractivity (Wildman–Crippen MR) is 62.0 cm³/mol. The number of aliphatic imine (C=N–C) groups is 1. The second kappa shape index (κ2) is 4.35. The molecule has 2 rings (SSSR count). The first-order chi connectivity index (χ1) is 7.70. The maximum atomic E-state index is 11.4. The number of dihydropyridines is 1. The molecule has 1 atom stereocenters. The molecule has 0 aromatic heterocycles. The number of nitrogens with one attached hydrogen (secondary N) is 1. The Hall–Kier alpha value is -1.84. The van der Waals surface area contributed by atoms with E-state index in [-0.39, 0.29) is 12.0 Å². The summed E-state index contributed by atoms with van der Waals surface area (Å²) in [7, 11) is 1.38. The highest BCUT2D eigenvalue weighted by molar-refractivity contribution is 5.98. The minimum absolute atomic E-state index is 0.00667. The number of allylic oxidation sites excluding steroid dienone is 2. The molecule has 1 N–H and O–H groups in total. The zero-order valence-corrected chi connectivity index (χ0v) is 9.36. The first kappa shape index (κ1) is 10.7. The van der Waals surface area contributed by atoms with Gasteiger partial charge in [-0.3, -0.25) is 4.99 Å². The number of hydrogen-bond acceptors (Lipinski definition) is 4. The van der Waals surface area contributed by atoms with Gasteiger partial charge in [0.25, 0.3) is 0 Å². The van der Waals surface area contributed by atoms with Crippen molar-refractivity contribution >= 4 is 11.7 Å². The zero-order valence-electron chi connectivity index (χ0n) is 9.36. The van der Waals surface area contributed by atoms with Crippen LogP contribution >= 0.6 is 0 Å². The molecule has 0 aromatic rings. The van der Waals surface area contributed by atoms with Crippen LogP contribution in [0.2, 0.25) is 0 Å². The van der Waals surface area contributed by atoms with E-state index in [0.29, 0.717) is 5.57 Å². The molecular weight excluding hydrogens is 204 g/mol. The minimum atomic E-state index is -0.314. The summed E-state index contributed by atoms with van der Waals surface area (Å²) in [6.45, 7) is 1.97. The first-order valence-corrected chi connectivity index (χ1v) is 5.17. The number of carbonyl (C=O) groups excluding carboxylic acids is 1. The van der Waals surface area contributed by atoms with E-state index in [1.807, 2.05) is 13.0 Å². The maximum absolute atomic E-state index is 11.4. The summed E-state index contributed by atoms with van der Waals surface area (Å²) in [4.78, 5) is 15.8. The Morgan fingerprint density at radius 1 is 1.62 bits per heavy atom. The van der Waals surface area contributed by atoms with Crippen molar-refractivity contribution < 1.29 is 9.53 Å². The Bertz CT molecular complexity index is 430. The van der Waals surface area contributed by atoms with Gasteiger partial charge in [0.1, 0.15) is 0 Å². The lowest BCUT2D eigenvalue weighted by molar-refractivity contribution is -0.135. The van der Waals surface area contributed by atoms with Gasteiger partial charge in [-0.1, -0.05) is 6.08 Å². The van der Waals surface area contributed by atoms with Gasteiger partial charge < -0.3 is 10.1 Å². The number of methoxy groups -OCH3 is 1. The van der Waals surface area contributed by atoms with Gasteiger partial charge >= 0.3 is 5.97 Å². The van der Waals surface area contributed by atoms with Crippen LogP contribution in [0.15, 0.2) is 40.7 Å².